The summed E-state index contributed by atoms with van der Waals surface area (Å²) >= 11 is 5.17. The second kappa shape index (κ2) is 6.20. The van der Waals surface area contributed by atoms with Crippen molar-refractivity contribution in [2.75, 3.05) is 18.0 Å². The lowest BCUT2D eigenvalue weighted by Gasteiger charge is -2.35. The minimum Gasteiger partial charge on any atom is -0.337 e. The number of thiophene rings is 1. The molecule has 1 fully saturated rings. The highest BCUT2D eigenvalue weighted by Crippen LogP contribution is 2.30. The van der Waals surface area contributed by atoms with Crippen molar-refractivity contribution in [2.24, 2.45) is 5.73 Å². The molecule has 0 bridgehead atoms. The van der Waals surface area contributed by atoms with Gasteiger partial charge in [0.15, 0.2) is 0 Å². The van der Waals surface area contributed by atoms with Crippen LogP contribution >= 0.6 is 27.3 Å². The van der Waals surface area contributed by atoms with Crippen LogP contribution in [0.1, 0.15) is 19.3 Å². The Labute approximate surface area is 131 Å². The average molecular weight is 353 g/mol. The Hall–Kier alpha value is -0.980. The smallest absolute Gasteiger partial charge is 0.226 e. The molecular formula is C14H17BrN4S. The van der Waals surface area contributed by atoms with Gasteiger partial charge < -0.3 is 10.6 Å². The van der Waals surface area contributed by atoms with E-state index in [-0.39, 0.29) is 0 Å². The zero-order valence-electron chi connectivity index (χ0n) is 11.1. The van der Waals surface area contributed by atoms with Crippen molar-refractivity contribution >= 4 is 33.2 Å². The Kier molecular flexibility index (Phi) is 4.33. The van der Waals surface area contributed by atoms with Crippen molar-refractivity contribution in [3.8, 4) is 10.6 Å². The monoisotopic (exact) mass is 352 g/mol. The standard InChI is InChI=1S/C14H17BrN4S/c15-10-7-13(20-9-10)12-4-5-17-14(18-12)19-6-2-1-3-11(19)8-16/h4-5,7,9,11H,1-3,6,8,16H2. The fourth-order valence-electron chi connectivity index (χ4n) is 2.58. The summed E-state index contributed by atoms with van der Waals surface area (Å²) in [5, 5.41) is 2.07. The van der Waals surface area contributed by atoms with Crippen molar-refractivity contribution in [2.45, 2.75) is 25.3 Å². The summed E-state index contributed by atoms with van der Waals surface area (Å²) < 4.78 is 1.09. The van der Waals surface area contributed by atoms with E-state index >= 15 is 0 Å². The molecule has 1 aliphatic heterocycles. The van der Waals surface area contributed by atoms with Crippen molar-refractivity contribution < 1.29 is 0 Å². The number of anilines is 1. The highest BCUT2D eigenvalue weighted by Gasteiger charge is 2.23. The molecular weight excluding hydrogens is 336 g/mol. The Morgan fingerprint density at radius 3 is 3.10 bits per heavy atom. The minimum atomic E-state index is 0.370. The molecule has 2 aromatic rings. The van der Waals surface area contributed by atoms with Crippen molar-refractivity contribution in [1.82, 2.24) is 9.97 Å². The summed E-state index contributed by atoms with van der Waals surface area (Å²) in [7, 11) is 0. The molecule has 4 nitrogen and oxygen atoms in total. The number of piperidine rings is 1. The van der Waals surface area contributed by atoms with E-state index in [1.807, 2.05) is 12.3 Å². The summed E-state index contributed by atoms with van der Waals surface area (Å²) in [5.41, 5.74) is 6.86. The summed E-state index contributed by atoms with van der Waals surface area (Å²) in [6.07, 6.45) is 5.41. The van der Waals surface area contributed by atoms with E-state index in [9.17, 15) is 0 Å². The van der Waals surface area contributed by atoms with Gasteiger partial charge in [-0.2, -0.15) is 0 Å². The van der Waals surface area contributed by atoms with Gasteiger partial charge in [-0.25, -0.2) is 9.97 Å². The maximum absolute atomic E-state index is 5.88. The van der Waals surface area contributed by atoms with Gasteiger partial charge in [-0.3, -0.25) is 0 Å². The van der Waals surface area contributed by atoms with Crippen LogP contribution < -0.4 is 10.6 Å². The van der Waals surface area contributed by atoms with Gasteiger partial charge in [0.2, 0.25) is 5.95 Å². The summed E-state index contributed by atoms with van der Waals surface area (Å²) in [4.78, 5) is 12.6. The number of rotatable bonds is 3. The molecule has 3 heterocycles. The lowest BCUT2D eigenvalue weighted by molar-refractivity contribution is 0.458. The number of nitrogens with two attached hydrogens (primary N) is 1. The zero-order chi connectivity index (χ0) is 13.9. The quantitative estimate of drug-likeness (QED) is 0.920. The summed E-state index contributed by atoms with van der Waals surface area (Å²) in [6, 6.07) is 4.42. The van der Waals surface area contributed by atoms with E-state index < -0.39 is 0 Å². The molecule has 2 N–H and O–H groups in total. The highest BCUT2D eigenvalue weighted by molar-refractivity contribution is 9.10. The van der Waals surface area contributed by atoms with Crippen LogP contribution in [0, 0.1) is 0 Å². The molecule has 1 unspecified atom stereocenters. The maximum atomic E-state index is 5.88. The number of nitrogens with zero attached hydrogens (tertiary/aromatic N) is 3. The predicted octanol–water partition coefficient (Wildman–Crippen LogP) is 3.29. The molecule has 0 aromatic carbocycles. The lowest BCUT2D eigenvalue weighted by Crippen LogP contribution is -2.45. The molecule has 0 saturated carbocycles. The molecule has 0 amide bonds. The molecule has 0 spiro atoms. The van der Waals surface area contributed by atoms with E-state index in [1.165, 1.54) is 12.8 Å². The van der Waals surface area contributed by atoms with Gasteiger partial charge in [0, 0.05) is 35.2 Å². The van der Waals surface area contributed by atoms with Crippen LogP contribution in [0.5, 0.6) is 0 Å². The van der Waals surface area contributed by atoms with Gasteiger partial charge in [0.1, 0.15) is 0 Å². The summed E-state index contributed by atoms with van der Waals surface area (Å²) in [5.74, 6) is 0.808. The Morgan fingerprint density at radius 2 is 2.35 bits per heavy atom. The van der Waals surface area contributed by atoms with E-state index in [4.69, 9.17) is 10.7 Å². The van der Waals surface area contributed by atoms with Crippen LogP contribution in [-0.4, -0.2) is 29.1 Å². The topological polar surface area (TPSA) is 55.0 Å². The van der Waals surface area contributed by atoms with Crippen LogP contribution in [0.3, 0.4) is 0 Å². The fourth-order valence-corrected chi connectivity index (χ4v) is 3.98. The van der Waals surface area contributed by atoms with Gasteiger partial charge in [-0.05, 0) is 47.3 Å². The zero-order valence-corrected chi connectivity index (χ0v) is 13.5. The van der Waals surface area contributed by atoms with E-state index in [0.717, 1.165) is 34.0 Å². The van der Waals surface area contributed by atoms with Gasteiger partial charge in [0.25, 0.3) is 0 Å². The normalized spacial score (nSPS) is 19.3. The Balaban J connectivity index is 1.90. The van der Waals surface area contributed by atoms with Crippen LogP contribution in [-0.2, 0) is 0 Å². The Morgan fingerprint density at radius 1 is 1.45 bits per heavy atom. The molecule has 106 valence electrons. The SMILES string of the molecule is NCC1CCCCN1c1nccc(-c2cc(Br)cs2)n1. The molecule has 20 heavy (non-hydrogen) atoms. The van der Waals surface area contributed by atoms with E-state index in [1.54, 1.807) is 11.3 Å². The van der Waals surface area contributed by atoms with Crippen LogP contribution in [0.4, 0.5) is 5.95 Å². The van der Waals surface area contributed by atoms with Crippen LogP contribution in [0.2, 0.25) is 0 Å². The van der Waals surface area contributed by atoms with Crippen molar-refractivity contribution in [3.63, 3.8) is 0 Å². The molecule has 2 aromatic heterocycles. The molecule has 1 atom stereocenters. The number of hydrogen-bond acceptors (Lipinski definition) is 5. The second-order valence-electron chi connectivity index (χ2n) is 4.95. The van der Waals surface area contributed by atoms with Gasteiger partial charge in [-0.15, -0.1) is 11.3 Å². The molecule has 0 radical (unpaired) electrons. The van der Waals surface area contributed by atoms with E-state index in [0.29, 0.717) is 12.6 Å². The third kappa shape index (κ3) is 2.87. The maximum Gasteiger partial charge on any atom is 0.226 e. The first kappa shape index (κ1) is 14.0. The van der Waals surface area contributed by atoms with E-state index in [2.05, 4.69) is 37.3 Å². The first-order valence-corrected chi connectivity index (χ1v) is 8.49. The lowest BCUT2D eigenvalue weighted by atomic mass is 10.0. The van der Waals surface area contributed by atoms with Crippen LogP contribution in [0.15, 0.2) is 28.2 Å². The minimum absolute atomic E-state index is 0.370. The summed E-state index contributed by atoms with van der Waals surface area (Å²) in [6.45, 7) is 1.66. The second-order valence-corrected chi connectivity index (χ2v) is 6.78. The Bertz CT molecular complexity index is 586. The number of aromatic nitrogens is 2. The van der Waals surface area contributed by atoms with Gasteiger partial charge in [0.05, 0.1) is 10.6 Å². The molecule has 1 aliphatic rings. The largest absolute Gasteiger partial charge is 0.337 e. The third-order valence-electron chi connectivity index (χ3n) is 3.62. The first-order valence-electron chi connectivity index (χ1n) is 6.82. The predicted molar refractivity (Wildman–Crippen MR) is 87.1 cm³/mol. The first-order chi connectivity index (χ1) is 9.78. The third-order valence-corrected chi connectivity index (χ3v) is 5.33. The molecule has 3 rings (SSSR count). The van der Waals surface area contributed by atoms with Crippen molar-refractivity contribution in [3.05, 3.63) is 28.2 Å². The fraction of sp³-hybridized carbons (Fsp3) is 0.429. The van der Waals surface area contributed by atoms with Crippen LogP contribution in [0.25, 0.3) is 10.6 Å². The van der Waals surface area contributed by atoms with Gasteiger partial charge >= 0.3 is 0 Å². The molecule has 1 saturated heterocycles. The van der Waals surface area contributed by atoms with Gasteiger partial charge in [-0.1, -0.05) is 0 Å². The molecule has 6 heteroatoms. The molecule has 0 aliphatic carbocycles. The highest BCUT2D eigenvalue weighted by atomic mass is 79.9. The number of hydrogen-bond donors (Lipinski definition) is 1. The van der Waals surface area contributed by atoms with Crippen molar-refractivity contribution in [1.29, 1.82) is 0 Å². The number of halogens is 1. The average Bonchev–Trinajstić information content (AvgIpc) is 2.94.